The minimum Gasteiger partial charge on any atom is -0.457 e. The number of benzene rings is 3. The van der Waals surface area contributed by atoms with Crippen LogP contribution in [-0.4, -0.2) is 24.3 Å². The summed E-state index contributed by atoms with van der Waals surface area (Å²) in [6.07, 6.45) is -0.0816. The van der Waals surface area contributed by atoms with Gasteiger partial charge in [0.05, 0.1) is 12.5 Å². The molecule has 3 aromatic rings. The molecule has 1 N–H and O–H groups in total. The smallest absolute Gasteiger partial charge is 0.308 e. The molecule has 0 heterocycles. The molecule has 5 heteroatoms. The number of amides is 1. The van der Waals surface area contributed by atoms with Gasteiger partial charge >= 0.3 is 5.97 Å². The van der Waals surface area contributed by atoms with Crippen molar-refractivity contribution in [2.45, 2.75) is 33.2 Å². The summed E-state index contributed by atoms with van der Waals surface area (Å²) in [6.45, 7) is 5.46. The highest BCUT2D eigenvalue weighted by Crippen LogP contribution is 2.19. The lowest BCUT2D eigenvalue weighted by Crippen LogP contribution is -2.31. The van der Waals surface area contributed by atoms with Crippen molar-refractivity contribution in [2.24, 2.45) is 0 Å². The van der Waals surface area contributed by atoms with Crippen LogP contribution in [0.5, 0.6) is 0 Å². The van der Waals surface area contributed by atoms with E-state index in [-0.39, 0.29) is 24.7 Å². The van der Waals surface area contributed by atoms with E-state index in [1.165, 1.54) is 0 Å². The Kier molecular flexibility index (Phi) is 7.55. The molecular weight excluding hydrogens is 402 g/mol. The second kappa shape index (κ2) is 10.5. The van der Waals surface area contributed by atoms with Gasteiger partial charge in [-0.1, -0.05) is 54.6 Å². The average molecular weight is 430 g/mol. The summed E-state index contributed by atoms with van der Waals surface area (Å²) in [6, 6.07) is 21.2. The van der Waals surface area contributed by atoms with Crippen molar-refractivity contribution in [3.05, 3.63) is 106 Å². The van der Waals surface area contributed by atoms with Gasteiger partial charge in [0.15, 0.2) is 6.61 Å². The van der Waals surface area contributed by atoms with E-state index in [0.717, 1.165) is 22.3 Å². The second-order valence-electron chi connectivity index (χ2n) is 7.84. The Morgan fingerprint density at radius 2 is 1.41 bits per heavy atom. The van der Waals surface area contributed by atoms with Crippen LogP contribution in [-0.2, 0) is 9.53 Å². The lowest BCUT2D eigenvalue weighted by Gasteiger charge is -2.19. The van der Waals surface area contributed by atoms with Gasteiger partial charge in [-0.2, -0.15) is 0 Å². The summed E-state index contributed by atoms with van der Waals surface area (Å²) < 4.78 is 5.28. The van der Waals surface area contributed by atoms with E-state index < -0.39 is 12.0 Å². The third kappa shape index (κ3) is 5.91. The fraction of sp³-hybridized carbons (Fsp3) is 0.222. The molecule has 0 aromatic heterocycles. The predicted octanol–water partition coefficient (Wildman–Crippen LogP) is 4.90. The zero-order valence-corrected chi connectivity index (χ0v) is 18.6. The van der Waals surface area contributed by atoms with Gasteiger partial charge in [-0.15, -0.1) is 0 Å². The zero-order chi connectivity index (χ0) is 23.1. The van der Waals surface area contributed by atoms with Gasteiger partial charge in [0.2, 0.25) is 5.78 Å². The molecular formula is C27H27NO4. The van der Waals surface area contributed by atoms with Crippen LogP contribution in [0.4, 0.5) is 0 Å². The van der Waals surface area contributed by atoms with Crippen LogP contribution in [0.2, 0.25) is 0 Å². The normalized spacial score (nSPS) is 11.5. The van der Waals surface area contributed by atoms with E-state index in [2.05, 4.69) is 5.32 Å². The largest absolute Gasteiger partial charge is 0.457 e. The first kappa shape index (κ1) is 22.9. The summed E-state index contributed by atoms with van der Waals surface area (Å²) >= 11 is 0. The first-order valence-electron chi connectivity index (χ1n) is 10.5. The number of ketones is 1. The molecule has 0 aliphatic carbocycles. The molecule has 0 aliphatic rings. The van der Waals surface area contributed by atoms with Crippen molar-refractivity contribution in [2.75, 3.05) is 6.61 Å². The predicted molar refractivity (Wildman–Crippen MR) is 124 cm³/mol. The van der Waals surface area contributed by atoms with Crippen LogP contribution in [0.15, 0.2) is 72.8 Å². The topological polar surface area (TPSA) is 72.5 Å². The zero-order valence-electron chi connectivity index (χ0n) is 18.6. The minimum absolute atomic E-state index is 0.0816. The number of esters is 1. The van der Waals surface area contributed by atoms with E-state index in [1.54, 1.807) is 24.3 Å². The third-order valence-corrected chi connectivity index (χ3v) is 5.42. The molecule has 164 valence electrons. The molecule has 0 saturated carbocycles. The van der Waals surface area contributed by atoms with Gasteiger partial charge in [0, 0.05) is 11.1 Å². The van der Waals surface area contributed by atoms with E-state index in [9.17, 15) is 14.4 Å². The number of rotatable bonds is 8. The molecule has 0 saturated heterocycles. The average Bonchev–Trinajstić information content (AvgIpc) is 2.80. The van der Waals surface area contributed by atoms with Gasteiger partial charge in [0.1, 0.15) is 0 Å². The Hall–Kier alpha value is -3.73. The fourth-order valence-corrected chi connectivity index (χ4v) is 3.48. The van der Waals surface area contributed by atoms with Crippen LogP contribution in [0.25, 0.3) is 0 Å². The number of hydrogen-bond donors (Lipinski definition) is 1. The summed E-state index contributed by atoms with van der Waals surface area (Å²) in [5.74, 6) is -1.08. The van der Waals surface area contributed by atoms with Crippen molar-refractivity contribution in [3.63, 3.8) is 0 Å². The van der Waals surface area contributed by atoms with Crippen molar-refractivity contribution in [3.8, 4) is 0 Å². The highest BCUT2D eigenvalue weighted by Gasteiger charge is 2.21. The lowest BCUT2D eigenvalue weighted by molar-refractivity contribution is -0.143. The molecule has 0 radical (unpaired) electrons. The fourth-order valence-electron chi connectivity index (χ4n) is 3.48. The summed E-state index contributed by atoms with van der Waals surface area (Å²) in [5.41, 5.74) is 4.81. The molecule has 5 nitrogen and oxygen atoms in total. The van der Waals surface area contributed by atoms with E-state index in [4.69, 9.17) is 4.74 Å². The molecule has 3 aromatic carbocycles. The van der Waals surface area contributed by atoms with E-state index in [1.807, 2.05) is 69.3 Å². The number of hydrogen-bond acceptors (Lipinski definition) is 4. The molecule has 1 unspecified atom stereocenters. The molecule has 1 amide bonds. The lowest BCUT2D eigenvalue weighted by atomic mass is 9.98. The molecule has 0 fully saturated rings. The van der Waals surface area contributed by atoms with E-state index >= 15 is 0 Å². The van der Waals surface area contributed by atoms with Gasteiger partial charge in [0.25, 0.3) is 5.91 Å². The van der Waals surface area contributed by atoms with Crippen molar-refractivity contribution in [1.82, 2.24) is 5.32 Å². The van der Waals surface area contributed by atoms with Crippen LogP contribution in [0.3, 0.4) is 0 Å². The highest BCUT2D eigenvalue weighted by molar-refractivity contribution is 5.99. The molecule has 0 spiro atoms. The molecule has 0 aliphatic heterocycles. The Labute approximate surface area is 188 Å². The maximum absolute atomic E-state index is 12.6. The van der Waals surface area contributed by atoms with Gasteiger partial charge in [-0.3, -0.25) is 14.4 Å². The van der Waals surface area contributed by atoms with E-state index in [0.29, 0.717) is 11.1 Å². The van der Waals surface area contributed by atoms with Crippen molar-refractivity contribution >= 4 is 17.7 Å². The first-order valence-corrected chi connectivity index (χ1v) is 10.5. The van der Waals surface area contributed by atoms with Crippen LogP contribution < -0.4 is 5.32 Å². The number of carbonyl (C=O) groups is 3. The molecule has 3 rings (SSSR count). The second-order valence-corrected chi connectivity index (χ2v) is 7.84. The third-order valence-electron chi connectivity index (χ3n) is 5.42. The number of Topliss-reactive ketones (excluding diaryl/α,β-unsaturated/α-hetero) is 1. The summed E-state index contributed by atoms with van der Waals surface area (Å²) in [4.78, 5) is 37.8. The Morgan fingerprint density at radius 3 is 2.06 bits per heavy atom. The quantitative estimate of drug-likeness (QED) is 0.408. The number of aryl methyl sites for hydroxylation is 3. The molecule has 32 heavy (non-hydrogen) atoms. The number of nitrogens with one attached hydrogen (secondary N) is 1. The SMILES string of the molecule is Cc1cc(C)c(C(=O)COC(=O)CC(NC(=O)c2ccccc2)c2ccccc2)cc1C. The molecule has 1 atom stereocenters. The monoisotopic (exact) mass is 429 g/mol. The van der Waals surface area contributed by atoms with Gasteiger partial charge in [-0.05, 0) is 61.2 Å². The number of ether oxygens (including phenoxy) is 1. The van der Waals surface area contributed by atoms with Gasteiger partial charge < -0.3 is 10.1 Å². The minimum atomic E-state index is -0.574. The maximum Gasteiger partial charge on any atom is 0.308 e. The Bertz CT molecular complexity index is 1110. The Morgan fingerprint density at radius 1 is 0.812 bits per heavy atom. The van der Waals surface area contributed by atoms with Crippen LogP contribution >= 0.6 is 0 Å². The van der Waals surface area contributed by atoms with Crippen molar-refractivity contribution in [1.29, 1.82) is 0 Å². The standard InChI is InChI=1S/C27H27NO4/c1-18-14-20(3)23(15-19(18)2)25(29)17-32-26(30)16-24(21-10-6-4-7-11-21)28-27(31)22-12-8-5-9-13-22/h4-15,24H,16-17H2,1-3H3,(H,28,31). The molecule has 0 bridgehead atoms. The summed E-state index contributed by atoms with van der Waals surface area (Å²) in [7, 11) is 0. The van der Waals surface area contributed by atoms with Crippen LogP contribution in [0.1, 0.15) is 55.4 Å². The Balaban J connectivity index is 1.67. The number of carbonyl (C=O) groups excluding carboxylic acids is 3. The first-order chi connectivity index (χ1) is 15.3. The van der Waals surface area contributed by atoms with Crippen LogP contribution in [0, 0.1) is 20.8 Å². The van der Waals surface area contributed by atoms with Crippen molar-refractivity contribution < 1.29 is 19.1 Å². The maximum atomic E-state index is 12.6. The summed E-state index contributed by atoms with van der Waals surface area (Å²) in [5, 5.41) is 2.90. The highest BCUT2D eigenvalue weighted by atomic mass is 16.5. The van der Waals surface area contributed by atoms with Gasteiger partial charge in [-0.25, -0.2) is 0 Å².